The summed E-state index contributed by atoms with van der Waals surface area (Å²) >= 11 is 5.22. The summed E-state index contributed by atoms with van der Waals surface area (Å²) in [5.74, 6) is 0.380. The first-order chi connectivity index (χ1) is 10.0. The minimum absolute atomic E-state index is 0.235. The first-order valence-electron chi connectivity index (χ1n) is 6.40. The Morgan fingerprint density at radius 3 is 2.71 bits per heavy atom. The van der Waals surface area contributed by atoms with Crippen molar-refractivity contribution in [3.8, 4) is 22.6 Å². The third-order valence-corrected chi connectivity index (χ3v) is 3.40. The van der Waals surface area contributed by atoms with E-state index in [-0.39, 0.29) is 5.82 Å². The Kier molecular flexibility index (Phi) is 3.39. The van der Waals surface area contributed by atoms with Crippen molar-refractivity contribution in [2.75, 3.05) is 0 Å². The molecule has 2 aromatic heterocycles. The van der Waals surface area contributed by atoms with Gasteiger partial charge in [0.15, 0.2) is 0 Å². The minimum atomic E-state index is -0.235. The fraction of sp³-hybridized carbons (Fsp3) is 0.133. The molecule has 0 aliphatic carbocycles. The van der Waals surface area contributed by atoms with Crippen LogP contribution in [0, 0.1) is 17.4 Å². The summed E-state index contributed by atoms with van der Waals surface area (Å²) in [6.45, 7) is 1.72. The first-order valence-corrected chi connectivity index (χ1v) is 6.80. The molecular formula is C15H13FN4S. The Morgan fingerprint density at radius 2 is 2.05 bits per heavy atom. The normalized spacial score (nSPS) is 10.8. The number of hydrogen-bond acceptors (Lipinski definition) is 3. The Morgan fingerprint density at radius 1 is 1.24 bits per heavy atom. The number of benzene rings is 1. The fourth-order valence-electron chi connectivity index (χ4n) is 2.10. The highest BCUT2D eigenvalue weighted by Crippen LogP contribution is 2.22. The fourth-order valence-corrected chi connectivity index (χ4v) is 2.31. The van der Waals surface area contributed by atoms with Gasteiger partial charge in [0.25, 0.3) is 0 Å². The third kappa shape index (κ3) is 2.75. The number of halogens is 1. The van der Waals surface area contributed by atoms with E-state index in [0.29, 0.717) is 16.0 Å². The molecule has 0 aliphatic rings. The molecule has 0 fully saturated rings. The van der Waals surface area contributed by atoms with Crippen molar-refractivity contribution in [3.05, 3.63) is 52.7 Å². The monoisotopic (exact) mass is 300 g/mol. The van der Waals surface area contributed by atoms with E-state index in [1.54, 1.807) is 36.0 Å². The molecule has 3 aromatic rings. The predicted molar refractivity (Wildman–Crippen MR) is 81.8 cm³/mol. The van der Waals surface area contributed by atoms with Gasteiger partial charge in [0.05, 0.1) is 11.9 Å². The van der Waals surface area contributed by atoms with Gasteiger partial charge in [0.1, 0.15) is 16.3 Å². The third-order valence-electron chi connectivity index (χ3n) is 3.19. The van der Waals surface area contributed by atoms with Crippen LogP contribution in [0.1, 0.15) is 5.56 Å². The highest BCUT2D eigenvalue weighted by Gasteiger charge is 2.07. The number of aromatic amines is 1. The smallest absolute Gasteiger partial charge is 0.139 e. The van der Waals surface area contributed by atoms with Gasteiger partial charge in [-0.3, -0.25) is 4.68 Å². The van der Waals surface area contributed by atoms with Crippen LogP contribution in [-0.2, 0) is 7.05 Å². The summed E-state index contributed by atoms with van der Waals surface area (Å²) < 4.78 is 15.6. The average Bonchev–Trinajstić information content (AvgIpc) is 2.88. The molecule has 3 rings (SSSR count). The van der Waals surface area contributed by atoms with Crippen LogP contribution in [0.15, 0.2) is 36.7 Å². The molecule has 1 aromatic carbocycles. The summed E-state index contributed by atoms with van der Waals surface area (Å²) in [5.41, 5.74) is 3.12. The van der Waals surface area contributed by atoms with Crippen LogP contribution in [0.2, 0.25) is 0 Å². The summed E-state index contributed by atoms with van der Waals surface area (Å²) in [5, 5.41) is 4.14. The Bertz CT molecular complexity index is 866. The second-order valence-corrected chi connectivity index (χ2v) is 5.27. The van der Waals surface area contributed by atoms with Crippen molar-refractivity contribution in [1.82, 2.24) is 19.7 Å². The van der Waals surface area contributed by atoms with Crippen LogP contribution < -0.4 is 0 Å². The van der Waals surface area contributed by atoms with Crippen molar-refractivity contribution in [3.63, 3.8) is 0 Å². The molecule has 1 N–H and O–H groups in total. The maximum atomic E-state index is 13.4. The van der Waals surface area contributed by atoms with Crippen LogP contribution in [-0.4, -0.2) is 19.7 Å². The Balaban J connectivity index is 2.13. The number of nitrogens with zero attached hydrogens (tertiary/aromatic N) is 3. The molecular weight excluding hydrogens is 287 g/mol. The van der Waals surface area contributed by atoms with E-state index in [1.807, 2.05) is 13.2 Å². The quantitative estimate of drug-likeness (QED) is 0.735. The van der Waals surface area contributed by atoms with Crippen LogP contribution in [0.5, 0.6) is 0 Å². The highest BCUT2D eigenvalue weighted by molar-refractivity contribution is 7.71. The molecule has 0 spiro atoms. The average molecular weight is 300 g/mol. The zero-order valence-electron chi connectivity index (χ0n) is 11.6. The van der Waals surface area contributed by atoms with Gasteiger partial charge < -0.3 is 4.98 Å². The van der Waals surface area contributed by atoms with E-state index < -0.39 is 0 Å². The van der Waals surface area contributed by atoms with Crippen molar-refractivity contribution >= 4 is 12.2 Å². The van der Waals surface area contributed by atoms with Crippen molar-refractivity contribution < 1.29 is 4.39 Å². The maximum Gasteiger partial charge on any atom is 0.139 e. The molecule has 0 saturated heterocycles. The topological polar surface area (TPSA) is 46.5 Å². The van der Waals surface area contributed by atoms with Gasteiger partial charge in [-0.25, -0.2) is 9.37 Å². The van der Waals surface area contributed by atoms with Crippen molar-refractivity contribution in [2.24, 2.45) is 7.05 Å². The second-order valence-electron chi connectivity index (χ2n) is 4.85. The van der Waals surface area contributed by atoms with Gasteiger partial charge in [-0.1, -0.05) is 12.2 Å². The van der Waals surface area contributed by atoms with E-state index in [4.69, 9.17) is 12.2 Å². The number of rotatable bonds is 2. The number of nitrogens with one attached hydrogen (secondary N) is 1. The Labute approximate surface area is 126 Å². The van der Waals surface area contributed by atoms with Gasteiger partial charge in [-0.05, 0) is 36.8 Å². The highest BCUT2D eigenvalue weighted by atomic mass is 32.1. The van der Waals surface area contributed by atoms with Crippen LogP contribution in [0.25, 0.3) is 22.6 Å². The number of hydrogen-bond donors (Lipinski definition) is 1. The lowest BCUT2D eigenvalue weighted by Gasteiger charge is -2.06. The van der Waals surface area contributed by atoms with Gasteiger partial charge in [-0.15, -0.1) is 0 Å². The summed E-state index contributed by atoms with van der Waals surface area (Å²) in [7, 11) is 1.85. The molecule has 21 heavy (non-hydrogen) atoms. The van der Waals surface area contributed by atoms with E-state index in [1.165, 1.54) is 6.07 Å². The molecule has 0 radical (unpaired) electrons. The van der Waals surface area contributed by atoms with Crippen molar-refractivity contribution in [1.29, 1.82) is 0 Å². The molecule has 6 heteroatoms. The lowest BCUT2D eigenvalue weighted by Crippen LogP contribution is -1.94. The summed E-state index contributed by atoms with van der Waals surface area (Å²) in [4.78, 5) is 7.54. The standard InChI is InChI=1S/C15H13FN4S/c1-9-5-10(3-4-12(9)16)15-18-13(6-14(21)19-15)11-7-17-20(2)8-11/h3-8H,1-2H3,(H,18,19,21). The summed E-state index contributed by atoms with van der Waals surface area (Å²) in [6, 6.07) is 6.64. The first kappa shape index (κ1) is 13.6. The Hall–Kier alpha value is -2.34. The SMILES string of the molecule is Cc1cc(-c2nc(=S)cc(-c3cnn(C)c3)[nH]2)ccc1F. The second kappa shape index (κ2) is 5.21. The molecule has 2 heterocycles. The molecule has 0 unspecified atom stereocenters. The zero-order valence-corrected chi connectivity index (χ0v) is 12.4. The number of H-pyrrole nitrogens is 1. The van der Waals surface area contributed by atoms with Crippen LogP contribution >= 0.6 is 12.2 Å². The van der Waals surface area contributed by atoms with Crippen molar-refractivity contribution in [2.45, 2.75) is 6.92 Å². The summed E-state index contributed by atoms with van der Waals surface area (Å²) in [6.07, 6.45) is 3.64. The molecule has 4 nitrogen and oxygen atoms in total. The van der Waals surface area contributed by atoms with E-state index in [0.717, 1.165) is 16.8 Å². The number of aryl methyl sites for hydroxylation is 2. The van der Waals surface area contributed by atoms with Gasteiger partial charge in [-0.2, -0.15) is 5.10 Å². The van der Waals surface area contributed by atoms with Gasteiger partial charge in [0.2, 0.25) is 0 Å². The van der Waals surface area contributed by atoms with E-state index in [2.05, 4.69) is 15.1 Å². The molecule has 0 saturated carbocycles. The van der Waals surface area contributed by atoms with Crippen LogP contribution in [0.3, 0.4) is 0 Å². The lowest BCUT2D eigenvalue weighted by atomic mass is 10.1. The minimum Gasteiger partial charge on any atom is -0.339 e. The van der Waals surface area contributed by atoms with E-state index in [9.17, 15) is 4.39 Å². The van der Waals surface area contributed by atoms with Crippen LogP contribution in [0.4, 0.5) is 4.39 Å². The predicted octanol–water partition coefficient (Wildman–Crippen LogP) is 3.65. The van der Waals surface area contributed by atoms with E-state index >= 15 is 0 Å². The lowest BCUT2D eigenvalue weighted by molar-refractivity contribution is 0.618. The van der Waals surface area contributed by atoms with Gasteiger partial charge >= 0.3 is 0 Å². The molecule has 0 bridgehead atoms. The zero-order chi connectivity index (χ0) is 15.0. The van der Waals surface area contributed by atoms with Gasteiger partial charge in [0, 0.05) is 24.4 Å². The molecule has 0 amide bonds. The molecule has 106 valence electrons. The maximum absolute atomic E-state index is 13.4. The molecule has 0 aliphatic heterocycles. The molecule has 0 atom stereocenters. The number of aromatic nitrogens is 4. The largest absolute Gasteiger partial charge is 0.339 e.